The number of carbonyl (C=O) groups is 2. The van der Waals surface area contributed by atoms with Gasteiger partial charge in [-0.05, 0) is 59.7 Å². The van der Waals surface area contributed by atoms with Crippen molar-refractivity contribution in [1.29, 1.82) is 0 Å². The second-order valence-corrected chi connectivity index (χ2v) is 13.9. The molecule has 4 aromatic carbocycles. The lowest BCUT2D eigenvalue weighted by molar-refractivity contribution is 0.0809. The van der Waals surface area contributed by atoms with Gasteiger partial charge in [-0.25, -0.2) is 9.97 Å². The van der Waals surface area contributed by atoms with Crippen molar-refractivity contribution in [1.82, 2.24) is 39.3 Å². The number of anilines is 3. The van der Waals surface area contributed by atoms with E-state index >= 15 is 0 Å². The van der Waals surface area contributed by atoms with E-state index in [2.05, 4.69) is 25.5 Å². The average Bonchev–Trinajstić information content (AvgIpc) is 3.91. The van der Waals surface area contributed by atoms with Crippen LogP contribution in [0.2, 0.25) is 15.1 Å². The van der Waals surface area contributed by atoms with Crippen LogP contribution < -0.4 is 20.5 Å². The summed E-state index contributed by atoms with van der Waals surface area (Å²) in [6.45, 7) is 1.13. The Hall–Kier alpha value is -5.83. The number of methoxy groups -OCH3 is 2. The van der Waals surface area contributed by atoms with Gasteiger partial charge in [0.05, 0.1) is 58.6 Å². The lowest BCUT2D eigenvalue weighted by Crippen LogP contribution is -2.18. The van der Waals surface area contributed by atoms with Crippen LogP contribution in [0.4, 0.5) is 17.1 Å². The van der Waals surface area contributed by atoms with E-state index in [0.717, 1.165) is 22.3 Å². The lowest BCUT2D eigenvalue weighted by atomic mass is 10.1. The van der Waals surface area contributed by atoms with E-state index in [-0.39, 0.29) is 11.8 Å². The van der Waals surface area contributed by atoms with Crippen molar-refractivity contribution in [3.8, 4) is 34.3 Å². The van der Waals surface area contributed by atoms with Crippen LogP contribution in [0.3, 0.4) is 0 Å². The molecule has 8 rings (SSSR count). The molecular formula is C38H37Cl3N10O4. The minimum Gasteiger partial charge on any atom is -0.494 e. The number of nitrogen functional groups attached to an aromatic ring is 1. The number of nitrogens with one attached hydrogen (secondary N) is 1. The predicted molar refractivity (Wildman–Crippen MR) is 213 cm³/mol. The maximum absolute atomic E-state index is 12.6. The number of amides is 2. The van der Waals surface area contributed by atoms with Crippen molar-refractivity contribution < 1.29 is 19.1 Å². The van der Waals surface area contributed by atoms with Crippen molar-refractivity contribution >= 4 is 63.7 Å². The number of para-hydroxylation sites is 2. The van der Waals surface area contributed by atoms with Crippen LogP contribution in [0.25, 0.3) is 22.8 Å². The van der Waals surface area contributed by atoms with Crippen molar-refractivity contribution in [2.45, 2.75) is 13.1 Å². The largest absolute Gasteiger partial charge is 0.494 e. The number of hydrogen-bond acceptors (Lipinski definition) is 10. The number of halogens is 3. The molecule has 0 fully saturated rings. The molecule has 55 heavy (non-hydrogen) atoms. The maximum Gasteiger partial charge on any atom is 0.256 e. The molecule has 284 valence electrons. The number of nitrogens with zero attached hydrogens (tertiary/aromatic N) is 8. The Morgan fingerprint density at radius 2 is 1.18 bits per heavy atom. The van der Waals surface area contributed by atoms with Gasteiger partial charge in [0.15, 0.2) is 23.1 Å². The number of aromatic nitrogens is 6. The molecule has 0 spiro atoms. The zero-order valence-electron chi connectivity index (χ0n) is 30.8. The van der Waals surface area contributed by atoms with Crippen LogP contribution in [-0.4, -0.2) is 79.5 Å². The van der Waals surface area contributed by atoms with Gasteiger partial charge in [-0.3, -0.25) is 19.0 Å². The quantitative estimate of drug-likeness (QED) is 0.166. The molecular weight excluding hydrogens is 767 g/mol. The SMILES string of the molecule is CN1Cc2cc(Cl)cc(Cl)c2C1=O.COc1c(N)cccc1-c1ncn(C)n1.COc1c(Nc2cc(Cl)cc3c2C(=O)N(C)C3)cccc1-c1ncn(C)n1. The second kappa shape index (κ2) is 16.3. The summed E-state index contributed by atoms with van der Waals surface area (Å²) in [6.07, 6.45) is 3.27. The zero-order valence-corrected chi connectivity index (χ0v) is 33.0. The molecule has 0 saturated carbocycles. The molecule has 0 unspecified atom stereocenters. The van der Waals surface area contributed by atoms with Gasteiger partial charge >= 0.3 is 0 Å². The van der Waals surface area contributed by atoms with Gasteiger partial charge < -0.3 is 30.3 Å². The van der Waals surface area contributed by atoms with Crippen LogP contribution >= 0.6 is 34.8 Å². The highest BCUT2D eigenvalue weighted by molar-refractivity contribution is 6.37. The molecule has 0 radical (unpaired) electrons. The number of benzene rings is 4. The summed E-state index contributed by atoms with van der Waals surface area (Å²) in [5.41, 5.74) is 12.3. The number of fused-ring (bicyclic) bond motifs is 2. The molecule has 0 atom stereocenters. The van der Waals surface area contributed by atoms with Crippen LogP contribution in [0.5, 0.6) is 11.5 Å². The molecule has 0 saturated heterocycles. The van der Waals surface area contributed by atoms with Crippen LogP contribution in [0.15, 0.2) is 73.3 Å². The van der Waals surface area contributed by atoms with E-state index in [0.29, 0.717) is 79.5 Å². The molecule has 0 bridgehead atoms. The molecule has 3 N–H and O–H groups in total. The minimum absolute atomic E-state index is 0.0309. The van der Waals surface area contributed by atoms with Crippen molar-refractivity contribution in [3.05, 3.63) is 111 Å². The first-order valence-corrected chi connectivity index (χ1v) is 17.8. The Kier molecular flexibility index (Phi) is 11.5. The summed E-state index contributed by atoms with van der Waals surface area (Å²) >= 11 is 18.0. The highest BCUT2D eigenvalue weighted by atomic mass is 35.5. The molecule has 0 aliphatic carbocycles. The van der Waals surface area contributed by atoms with Crippen molar-refractivity contribution in [3.63, 3.8) is 0 Å². The molecule has 14 nitrogen and oxygen atoms in total. The van der Waals surface area contributed by atoms with E-state index in [9.17, 15) is 9.59 Å². The molecule has 2 aliphatic rings. The Morgan fingerprint density at radius 1 is 0.673 bits per heavy atom. The Balaban J connectivity index is 0.000000155. The number of carbonyl (C=O) groups excluding carboxylic acids is 2. The minimum atomic E-state index is -0.0364. The van der Waals surface area contributed by atoms with Gasteiger partial charge in [0.2, 0.25) is 0 Å². The highest BCUT2D eigenvalue weighted by Gasteiger charge is 2.29. The fourth-order valence-corrected chi connectivity index (χ4v) is 7.08. The number of ether oxygens (including phenoxy) is 2. The monoisotopic (exact) mass is 802 g/mol. The van der Waals surface area contributed by atoms with Gasteiger partial charge in [-0.15, -0.1) is 0 Å². The fraction of sp³-hybridized carbons (Fsp3) is 0.211. The summed E-state index contributed by atoms with van der Waals surface area (Å²) in [6, 6.07) is 18.1. The first-order valence-electron chi connectivity index (χ1n) is 16.7. The van der Waals surface area contributed by atoms with Gasteiger partial charge in [0, 0.05) is 51.3 Å². The lowest BCUT2D eigenvalue weighted by Gasteiger charge is -2.16. The van der Waals surface area contributed by atoms with Crippen molar-refractivity contribution in [2.75, 3.05) is 39.4 Å². The van der Waals surface area contributed by atoms with E-state index in [1.165, 1.54) is 0 Å². The van der Waals surface area contributed by atoms with Crippen molar-refractivity contribution in [2.24, 2.45) is 14.1 Å². The van der Waals surface area contributed by atoms with Crippen LogP contribution in [0, 0.1) is 0 Å². The Bertz CT molecular complexity index is 2410. The summed E-state index contributed by atoms with van der Waals surface area (Å²) in [7, 11) is 10.3. The zero-order chi connectivity index (χ0) is 39.6. The highest BCUT2D eigenvalue weighted by Crippen LogP contribution is 2.40. The summed E-state index contributed by atoms with van der Waals surface area (Å²) in [5, 5.41) is 13.4. The standard InChI is InChI=1S/C19H18ClN5O2.C10H12N4O.C9H7Cl2NO/c1-24-9-11-7-12(20)8-15(16(11)19(24)26)22-14-6-4-5-13(17(14)27-3)18-21-10-25(2)23-18;1-14-6-12-10(13-14)7-4-3-5-8(11)9(7)15-2;1-12-4-5-2-6(10)3-7(11)8(5)9(12)13/h4-8,10,22H,9H2,1-3H3;3-6H,11H2,1-2H3;2-3H,4H2,1H3. The first kappa shape index (κ1) is 38.9. The molecule has 17 heteroatoms. The van der Waals surface area contributed by atoms with Gasteiger partial charge in [0.1, 0.15) is 12.7 Å². The summed E-state index contributed by atoms with van der Waals surface area (Å²) in [4.78, 5) is 35.8. The summed E-state index contributed by atoms with van der Waals surface area (Å²) in [5.74, 6) is 2.31. The molecule has 2 aliphatic heterocycles. The van der Waals surface area contributed by atoms with Gasteiger partial charge in [0.25, 0.3) is 11.8 Å². The Labute approximate surface area is 332 Å². The fourth-order valence-electron chi connectivity index (χ4n) is 6.23. The van der Waals surface area contributed by atoms with E-state index in [1.807, 2.05) is 50.5 Å². The third-order valence-corrected chi connectivity index (χ3v) is 9.41. The van der Waals surface area contributed by atoms with Gasteiger partial charge in [-0.2, -0.15) is 10.2 Å². The van der Waals surface area contributed by atoms with E-state index < -0.39 is 0 Å². The van der Waals surface area contributed by atoms with E-state index in [1.54, 1.807) is 84.4 Å². The number of hydrogen-bond donors (Lipinski definition) is 2. The Morgan fingerprint density at radius 3 is 1.73 bits per heavy atom. The van der Waals surface area contributed by atoms with Crippen LogP contribution in [-0.2, 0) is 27.2 Å². The summed E-state index contributed by atoms with van der Waals surface area (Å²) < 4.78 is 14.1. The molecule has 2 aromatic heterocycles. The number of nitrogens with two attached hydrogens (primary N) is 1. The number of aryl methyl sites for hydroxylation is 2. The van der Waals surface area contributed by atoms with Gasteiger partial charge in [-0.1, -0.05) is 46.9 Å². The normalized spacial score (nSPS) is 12.7. The third-order valence-electron chi connectivity index (χ3n) is 8.68. The third kappa shape index (κ3) is 8.16. The molecule has 4 heterocycles. The number of rotatable bonds is 6. The first-order chi connectivity index (χ1) is 26.3. The van der Waals surface area contributed by atoms with E-state index in [4.69, 9.17) is 50.0 Å². The average molecular weight is 804 g/mol. The second-order valence-electron chi connectivity index (χ2n) is 12.7. The molecule has 6 aromatic rings. The maximum atomic E-state index is 12.6. The predicted octanol–water partition coefficient (Wildman–Crippen LogP) is 7.13. The molecule has 2 amide bonds. The van der Waals surface area contributed by atoms with Crippen LogP contribution in [0.1, 0.15) is 31.8 Å². The smallest absolute Gasteiger partial charge is 0.256 e. The topological polar surface area (TPSA) is 159 Å².